The number of nitrogens with zero attached hydrogens (tertiary/aromatic N) is 3. The van der Waals surface area contributed by atoms with Crippen LogP contribution < -0.4 is 10.5 Å². The Morgan fingerprint density at radius 1 is 1.31 bits per heavy atom. The standard InChI is InChI=1S/C19H16ClN5O/c1-8-4-5-11-6-12(17(20)23-16(11)9(8)2)15-13(7-21)18(22)26-19-14(15)10(3)24-25-19/h4-6,15H,22H2,1-3H3,(H,24,25)/t15-/m1/s1. The van der Waals surface area contributed by atoms with Gasteiger partial charge in [0.25, 0.3) is 0 Å². The summed E-state index contributed by atoms with van der Waals surface area (Å²) in [5, 5.41) is 18.0. The Bertz CT molecular complexity index is 1140. The smallest absolute Gasteiger partial charge is 0.244 e. The molecule has 3 aromatic rings. The molecule has 0 radical (unpaired) electrons. The number of nitrogens with two attached hydrogens (primary N) is 1. The van der Waals surface area contributed by atoms with Crippen molar-refractivity contribution in [2.75, 3.05) is 0 Å². The van der Waals surface area contributed by atoms with Crippen molar-refractivity contribution in [1.82, 2.24) is 15.2 Å². The van der Waals surface area contributed by atoms with Gasteiger partial charge >= 0.3 is 0 Å². The fraction of sp³-hybridized carbons (Fsp3) is 0.211. The Balaban J connectivity index is 2.02. The van der Waals surface area contributed by atoms with Gasteiger partial charge in [-0.15, -0.1) is 5.10 Å². The number of hydrogen-bond acceptors (Lipinski definition) is 5. The lowest BCUT2D eigenvalue weighted by atomic mass is 9.84. The lowest BCUT2D eigenvalue weighted by Gasteiger charge is -2.24. The van der Waals surface area contributed by atoms with Gasteiger partial charge in [-0.05, 0) is 38.0 Å². The zero-order valence-corrected chi connectivity index (χ0v) is 15.3. The van der Waals surface area contributed by atoms with E-state index in [0.717, 1.165) is 33.3 Å². The molecule has 0 fully saturated rings. The molecule has 3 N–H and O–H groups in total. The zero-order valence-electron chi connectivity index (χ0n) is 14.5. The van der Waals surface area contributed by atoms with Gasteiger partial charge in [0.15, 0.2) is 0 Å². The third-order valence-corrected chi connectivity index (χ3v) is 5.24. The van der Waals surface area contributed by atoms with Gasteiger partial charge < -0.3 is 10.5 Å². The summed E-state index contributed by atoms with van der Waals surface area (Å²) in [6.07, 6.45) is 0. The average molecular weight is 366 g/mol. The minimum Gasteiger partial charge on any atom is -0.420 e. The van der Waals surface area contributed by atoms with Crippen LogP contribution in [0.2, 0.25) is 5.15 Å². The lowest BCUT2D eigenvalue weighted by Crippen LogP contribution is -2.21. The van der Waals surface area contributed by atoms with Crippen LogP contribution in [0.15, 0.2) is 29.7 Å². The number of H-pyrrole nitrogens is 1. The van der Waals surface area contributed by atoms with Gasteiger partial charge in [0.2, 0.25) is 11.8 Å². The number of hydrogen-bond donors (Lipinski definition) is 2. The van der Waals surface area contributed by atoms with Gasteiger partial charge in [0.05, 0.1) is 11.4 Å². The highest BCUT2D eigenvalue weighted by Crippen LogP contribution is 2.45. The molecule has 4 rings (SSSR count). The molecule has 7 heteroatoms. The van der Waals surface area contributed by atoms with Crippen LogP contribution in [0.1, 0.15) is 33.9 Å². The number of aromatic amines is 1. The number of allylic oxidation sites excluding steroid dienone is 1. The highest BCUT2D eigenvalue weighted by Gasteiger charge is 2.35. The quantitative estimate of drug-likeness (QED) is 0.639. The number of nitrogens with one attached hydrogen (secondary N) is 1. The van der Waals surface area contributed by atoms with E-state index in [2.05, 4.69) is 21.3 Å². The Hall–Kier alpha value is -3.04. The highest BCUT2D eigenvalue weighted by atomic mass is 35.5. The van der Waals surface area contributed by atoms with E-state index in [1.807, 2.05) is 39.0 Å². The van der Waals surface area contributed by atoms with Gasteiger partial charge in [0.1, 0.15) is 16.8 Å². The summed E-state index contributed by atoms with van der Waals surface area (Å²) in [5.41, 5.74) is 11.6. The van der Waals surface area contributed by atoms with Crippen molar-refractivity contribution in [1.29, 1.82) is 5.26 Å². The van der Waals surface area contributed by atoms with Gasteiger partial charge in [-0.2, -0.15) is 5.26 Å². The molecule has 6 nitrogen and oxygen atoms in total. The van der Waals surface area contributed by atoms with Crippen LogP contribution in [0.4, 0.5) is 0 Å². The average Bonchev–Trinajstić information content (AvgIpc) is 2.98. The van der Waals surface area contributed by atoms with E-state index in [1.165, 1.54) is 0 Å². The first-order valence-electron chi connectivity index (χ1n) is 8.11. The van der Waals surface area contributed by atoms with Crippen LogP contribution in [-0.2, 0) is 0 Å². The predicted molar refractivity (Wildman–Crippen MR) is 98.8 cm³/mol. The molecule has 0 spiro atoms. The molecular weight excluding hydrogens is 350 g/mol. The Morgan fingerprint density at radius 2 is 2.08 bits per heavy atom. The number of aryl methyl sites for hydroxylation is 3. The number of aromatic nitrogens is 3. The summed E-state index contributed by atoms with van der Waals surface area (Å²) in [5.74, 6) is -0.0819. The second-order valence-electron chi connectivity index (χ2n) is 6.44. The maximum Gasteiger partial charge on any atom is 0.244 e. The van der Waals surface area contributed by atoms with Crippen molar-refractivity contribution in [3.05, 3.63) is 62.8 Å². The second kappa shape index (κ2) is 5.75. The topological polar surface area (TPSA) is 101 Å². The first-order valence-corrected chi connectivity index (χ1v) is 8.49. The largest absolute Gasteiger partial charge is 0.420 e. The normalized spacial score (nSPS) is 16.3. The molecule has 0 amide bonds. The highest BCUT2D eigenvalue weighted by molar-refractivity contribution is 6.30. The zero-order chi connectivity index (χ0) is 18.6. The van der Waals surface area contributed by atoms with Crippen molar-refractivity contribution >= 4 is 22.5 Å². The maximum atomic E-state index is 9.67. The number of fused-ring (bicyclic) bond motifs is 2. The maximum absolute atomic E-state index is 9.67. The summed E-state index contributed by atoms with van der Waals surface area (Å²) in [4.78, 5) is 4.61. The summed E-state index contributed by atoms with van der Waals surface area (Å²) in [7, 11) is 0. The summed E-state index contributed by atoms with van der Waals surface area (Å²) in [6, 6.07) is 8.18. The molecule has 2 aromatic heterocycles. The van der Waals surface area contributed by atoms with Crippen LogP contribution >= 0.6 is 11.6 Å². The number of pyridine rings is 1. The van der Waals surface area contributed by atoms with E-state index in [9.17, 15) is 5.26 Å². The molecule has 0 bridgehead atoms. The number of nitriles is 1. The third-order valence-electron chi connectivity index (χ3n) is 4.93. The van der Waals surface area contributed by atoms with E-state index in [4.69, 9.17) is 22.1 Å². The van der Waals surface area contributed by atoms with Crippen molar-refractivity contribution in [2.24, 2.45) is 5.73 Å². The molecule has 1 aliphatic rings. The van der Waals surface area contributed by atoms with Crippen LogP contribution in [0.25, 0.3) is 10.9 Å². The van der Waals surface area contributed by atoms with Gasteiger partial charge in [0, 0.05) is 22.2 Å². The minimum absolute atomic E-state index is 0.0350. The first-order chi connectivity index (χ1) is 12.4. The molecule has 1 atom stereocenters. The van der Waals surface area contributed by atoms with Crippen molar-refractivity contribution in [3.8, 4) is 11.9 Å². The molecule has 0 saturated heterocycles. The third kappa shape index (κ3) is 2.25. The Labute approximate surface area is 155 Å². The Kier molecular flexibility index (Phi) is 3.63. The monoisotopic (exact) mass is 365 g/mol. The number of halogens is 1. The van der Waals surface area contributed by atoms with Crippen molar-refractivity contribution in [3.63, 3.8) is 0 Å². The van der Waals surface area contributed by atoms with E-state index in [-0.39, 0.29) is 5.88 Å². The van der Waals surface area contributed by atoms with Crippen LogP contribution in [0, 0.1) is 32.1 Å². The lowest BCUT2D eigenvalue weighted by molar-refractivity contribution is 0.379. The van der Waals surface area contributed by atoms with E-state index >= 15 is 0 Å². The van der Waals surface area contributed by atoms with Gasteiger partial charge in [-0.25, -0.2) is 4.98 Å². The molecule has 0 saturated carbocycles. The SMILES string of the molecule is Cc1ccc2cc([C@@H]3C(C#N)=C(N)Oc4n[nH]c(C)c43)c(Cl)nc2c1C. The molecule has 3 heterocycles. The van der Waals surface area contributed by atoms with Crippen LogP contribution in [0.3, 0.4) is 0 Å². The molecule has 130 valence electrons. The number of rotatable bonds is 1. The van der Waals surface area contributed by atoms with Crippen molar-refractivity contribution < 1.29 is 4.74 Å². The van der Waals surface area contributed by atoms with Crippen LogP contribution in [0.5, 0.6) is 5.88 Å². The molecular formula is C19H16ClN5O. The first kappa shape index (κ1) is 16.4. The van der Waals surface area contributed by atoms with Crippen LogP contribution in [-0.4, -0.2) is 15.2 Å². The van der Waals surface area contributed by atoms with Gasteiger partial charge in [-0.3, -0.25) is 5.10 Å². The molecule has 26 heavy (non-hydrogen) atoms. The summed E-state index contributed by atoms with van der Waals surface area (Å²) < 4.78 is 5.50. The molecule has 1 aromatic carbocycles. The second-order valence-corrected chi connectivity index (χ2v) is 6.80. The molecule has 0 unspecified atom stereocenters. The van der Waals surface area contributed by atoms with Crippen molar-refractivity contribution in [2.45, 2.75) is 26.7 Å². The summed E-state index contributed by atoms with van der Waals surface area (Å²) in [6.45, 7) is 5.93. The predicted octanol–water partition coefficient (Wildman–Crippen LogP) is 3.75. The Morgan fingerprint density at radius 3 is 2.81 bits per heavy atom. The number of benzene rings is 1. The summed E-state index contributed by atoms with van der Waals surface area (Å²) >= 11 is 6.56. The number of ether oxygens (including phenoxy) is 1. The van der Waals surface area contributed by atoms with E-state index < -0.39 is 5.92 Å². The molecule has 0 aliphatic carbocycles. The fourth-order valence-corrected chi connectivity index (χ4v) is 3.64. The molecule has 1 aliphatic heterocycles. The van der Waals surface area contributed by atoms with Gasteiger partial charge in [-0.1, -0.05) is 23.7 Å². The minimum atomic E-state index is -0.478. The van der Waals surface area contributed by atoms with E-state index in [1.54, 1.807) is 0 Å². The fourth-order valence-electron chi connectivity index (χ4n) is 3.39. The van der Waals surface area contributed by atoms with E-state index in [0.29, 0.717) is 22.2 Å².